The van der Waals surface area contributed by atoms with E-state index in [-0.39, 0.29) is 6.42 Å². The number of hydrogen-bond acceptors (Lipinski definition) is 5. The monoisotopic (exact) mass is 406 g/mol. The molecule has 0 atom stereocenters. The molecular weight excluding hydrogens is 394 g/mol. The molecule has 0 unspecified atom stereocenters. The first-order valence-corrected chi connectivity index (χ1v) is 9.56. The molecule has 0 spiro atoms. The van der Waals surface area contributed by atoms with Crippen LogP contribution in [-0.4, -0.2) is 11.0 Å². The van der Waals surface area contributed by atoms with Crippen LogP contribution in [0.4, 0.5) is 0 Å². The second kappa shape index (κ2) is 7.38. The van der Waals surface area contributed by atoms with Crippen LogP contribution in [-0.2, 0) is 4.79 Å². The summed E-state index contributed by atoms with van der Waals surface area (Å²) in [5.41, 5.74) is 2.05. The van der Waals surface area contributed by atoms with Gasteiger partial charge in [0.1, 0.15) is 5.01 Å². The number of carbonyl (C=O) groups is 1. The number of fused-ring (bicyclic) bond motifs is 1. The van der Waals surface area contributed by atoms with Crippen LogP contribution in [0.5, 0.6) is 0 Å². The van der Waals surface area contributed by atoms with Crippen molar-refractivity contribution in [3.05, 3.63) is 50.1 Å². The van der Waals surface area contributed by atoms with Gasteiger partial charge in [-0.25, -0.2) is 4.98 Å². The number of thiophene rings is 1. The SMILES string of the molecule is O=C([O-])CCC/C(=C\c1ccc(Br)s1)c1nc2ccccc2s1. The van der Waals surface area contributed by atoms with Crippen LogP contribution >= 0.6 is 38.6 Å². The fourth-order valence-corrected chi connectivity index (χ4v) is 4.65. The Balaban J connectivity index is 1.93. The van der Waals surface area contributed by atoms with Gasteiger partial charge in [0.05, 0.1) is 14.0 Å². The van der Waals surface area contributed by atoms with Gasteiger partial charge in [0.2, 0.25) is 0 Å². The lowest BCUT2D eigenvalue weighted by molar-refractivity contribution is -0.305. The van der Waals surface area contributed by atoms with E-state index in [9.17, 15) is 9.90 Å². The zero-order valence-corrected chi connectivity index (χ0v) is 15.3. The average molecular weight is 407 g/mol. The maximum Gasteiger partial charge on any atom is 0.120 e. The van der Waals surface area contributed by atoms with Gasteiger partial charge in [0.15, 0.2) is 0 Å². The summed E-state index contributed by atoms with van der Waals surface area (Å²) < 4.78 is 2.21. The van der Waals surface area contributed by atoms with Crippen LogP contribution in [0.15, 0.2) is 40.2 Å². The first-order chi connectivity index (χ1) is 11.1. The van der Waals surface area contributed by atoms with Crippen molar-refractivity contribution >= 4 is 66.4 Å². The molecule has 0 saturated carbocycles. The minimum Gasteiger partial charge on any atom is -0.550 e. The number of halogens is 1. The average Bonchev–Trinajstić information content (AvgIpc) is 3.11. The second-order valence-electron chi connectivity index (χ2n) is 5.02. The number of carboxylic acid groups (broad SMARTS) is 1. The highest BCUT2D eigenvalue weighted by Gasteiger charge is 2.10. The number of thiazole rings is 1. The quantitative estimate of drug-likeness (QED) is 0.601. The number of hydrogen-bond donors (Lipinski definition) is 0. The molecule has 3 nitrogen and oxygen atoms in total. The molecule has 6 heteroatoms. The standard InChI is InChI=1S/C17H14BrNO2S2/c18-15-9-8-12(22-15)10-11(4-3-7-16(20)21)17-19-13-5-1-2-6-14(13)23-17/h1-2,5-6,8-10H,3-4,7H2,(H,20,21)/p-1/b11-10+. The third kappa shape index (κ3) is 4.28. The Hall–Kier alpha value is -1.50. The van der Waals surface area contributed by atoms with E-state index in [2.05, 4.69) is 28.1 Å². The zero-order valence-electron chi connectivity index (χ0n) is 12.1. The number of allylic oxidation sites excluding steroid dienone is 1. The lowest BCUT2D eigenvalue weighted by atomic mass is 10.1. The van der Waals surface area contributed by atoms with E-state index in [0.717, 1.165) is 29.5 Å². The second-order valence-corrected chi connectivity index (χ2v) is 8.55. The molecule has 0 amide bonds. The van der Waals surface area contributed by atoms with E-state index in [0.29, 0.717) is 12.8 Å². The number of nitrogens with zero attached hydrogens (tertiary/aromatic N) is 1. The number of aromatic nitrogens is 1. The zero-order chi connectivity index (χ0) is 16.2. The third-order valence-electron chi connectivity index (χ3n) is 3.31. The summed E-state index contributed by atoms with van der Waals surface area (Å²) in [6.45, 7) is 0. The minimum absolute atomic E-state index is 0.0658. The molecule has 0 fully saturated rings. The summed E-state index contributed by atoms with van der Waals surface area (Å²) in [4.78, 5) is 16.5. The van der Waals surface area contributed by atoms with E-state index in [1.54, 1.807) is 22.7 Å². The number of para-hydroxylation sites is 1. The topological polar surface area (TPSA) is 53.0 Å². The van der Waals surface area contributed by atoms with Crippen LogP contribution < -0.4 is 5.11 Å². The number of rotatable bonds is 6. The lowest BCUT2D eigenvalue weighted by Gasteiger charge is -2.05. The van der Waals surface area contributed by atoms with E-state index < -0.39 is 5.97 Å². The highest BCUT2D eigenvalue weighted by molar-refractivity contribution is 9.11. The van der Waals surface area contributed by atoms with Crippen LogP contribution in [0.25, 0.3) is 21.9 Å². The summed E-state index contributed by atoms with van der Waals surface area (Å²) in [6, 6.07) is 12.1. The molecule has 3 rings (SSSR count). The summed E-state index contributed by atoms with van der Waals surface area (Å²) in [5, 5.41) is 11.6. The molecule has 1 aromatic carbocycles. The van der Waals surface area contributed by atoms with Crippen molar-refractivity contribution in [1.82, 2.24) is 4.98 Å². The Morgan fingerprint density at radius 1 is 1.17 bits per heavy atom. The highest BCUT2D eigenvalue weighted by Crippen LogP contribution is 2.33. The smallest absolute Gasteiger partial charge is 0.120 e. The third-order valence-corrected chi connectivity index (χ3v) is 5.99. The molecule has 2 heterocycles. The van der Waals surface area contributed by atoms with Gasteiger partial charge in [-0.1, -0.05) is 12.1 Å². The summed E-state index contributed by atoms with van der Waals surface area (Å²) >= 11 is 6.75. The molecular formula is C17H13BrNO2S2-. The summed E-state index contributed by atoms with van der Waals surface area (Å²) in [7, 11) is 0. The number of benzene rings is 1. The fourth-order valence-electron chi connectivity index (χ4n) is 2.25. The van der Waals surface area contributed by atoms with Crippen molar-refractivity contribution in [1.29, 1.82) is 0 Å². The van der Waals surface area contributed by atoms with Gasteiger partial charge in [-0.3, -0.25) is 0 Å². The maximum absolute atomic E-state index is 10.7. The van der Waals surface area contributed by atoms with Gasteiger partial charge < -0.3 is 9.90 Å². The number of carboxylic acids is 1. The molecule has 0 saturated heterocycles. The Kier molecular flexibility index (Phi) is 5.25. The van der Waals surface area contributed by atoms with Gasteiger partial charge in [-0.15, -0.1) is 22.7 Å². The van der Waals surface area contributed by atoms with Gasteiger partial charge in [-0.2, -0.15) is 0 Å². The minimum atomic E-state index is -1.01. The fraction of sp³-hybridized carbons (Fsp3) is 0.176. The van der Waals surface area contributed by atoms with Crippen molar-refractivity contribution in [2.24, 2.45) is 0 Å². The molecule has 2 aromatic heterocycles. The Bertz CT molecular complexity index is 833. The predicted octanol–water partition coefficient (Wildman–Crippen LogP) is 4.58. The van der Waals surface area contributed by atoms with E-state index in [1.807, 2.05) is 30.3 Å². The summed E-state index contributed by atoms with van der Waals surface area (Å²) in [5.74, 6) is -1.01. The Labute approximate surface area is 150 Å². The predicted molar refractivity (Wildman–Crippen MR) is 98.4 cm³/mol. The maximum atomic E-state index is 10.7. The van der Waals surface area contributed by atoms with Gasteiger partial charge in [0.25, 0.3) is 0 Å². The lowest BCUT2D eigenvalue weighted by Crippen LogP contribution is -2.21. The van der Waals surface area contributed by atoms with Crippen molar-refractivity contribution in [3.8, 4) is 0 Å². The summed E-state index contributed by atoms with van der Waals surface area (Å²) in [6.07, 6.45) is 3.39. The van der Waals surface area contributed by atoms with E-state index in [1.165, 1.54) is 0 Å². The largest absolute Gasteiger partial charge is 0.550 e. The Morgan fingerprint density at radius 2 is 2.00 bits per heavy atom. The molecule has 0 bridgehead atoms. The van der Waals surface area contributed by atoms with Crippen LogP contribution in [0.3, 0.4) is 0 Å². The first kappa shape index (κ1) is 16.4. The molecule has 0 aliphatic rings. The van der Waals surface area contributed by atoms with Crippen LogP contribution in [0, 0.1) is 0 Å². The first-order valence-electron chi connectivity index (χ1n) is 7.13. The molecule has 3 aromatic rings. The van der Waals surface area contributed by atoms with Crippen molar-refractivity contribution in [2.45, 2.75) is 19.3 Å². The normalized spacial score (nSPS) is 12.0. The van der Waals surface area contributed by atoms with Crippen molar-refractivity contribution in [3.63, 3.8) is 0 Å². The molecule has 0 radical (unpaired) electrons. The van der Waals surface area contributed by atoms with Gasteiger partial charge >= 0.3 is 0 Å². The van der Waals surface area contributed by atoms with Gasteiger partial charge in [0, 0.05) is 10.8 Å². The molecule has 23 heavy (non-hydrogen) atoms. The van der Waals surface area contributed by atoms with Crippen molar-refractivity contribution in [2.75, 3.05) is 0 Å². The molecule has 118 valence electrons. The molecule has 0 N–H and O–H groups in total. The van der Waals surface area contributed by atoms with Crippen molar-refractivity contribution < 1.29 is 9.90 Å². The van der Waals surface area contributed by atoms with E-state index in [4.69, 9.17) is 4.98 Å². The molecule has 0 aliphatic heterocycles. The van der Waals surface area contributed by atoms with E-state index >= 15 is 0 Å². The number of carbonyl (C=O) groups excluding carboxylic acids is 1. The Morgan fingerprint density at radius 3 is 2.70 bits per heavy atom. The molecule has 0 aliphatic carbocycles. The van der Waals surface area contributed by atoms with Crippen LogP contribution in [0.1, 0.15) is 29.1 Å². The van der Waals surface area contributed by atoms with Gasteiger partial charge in [-0.05, 0) is 71.1 Å². The highest BCUT2D eigenvalue weighted by atomic mass is 79.9. The van der Waals surface area contributed by atoms with Crippen LogP contribution in [0.2, 0.25) is 0 Å². The number of aliphatic carboxylic acids is 1.